The predicted molar refractivity (Wildman–Crippen MR) is 76.6 cm³/mol. The van der Waals surface area contributed by atoms with E-state index >= 15 is 0 Å². The summed E-state index contributed by atoms with van der Waals surface area (Å²) in [5.74, 6) is -1.22. The van der Waals surface area contributed by atoms with E-state index in [4.69, 9.17) is 0 Å². The minimum absolute atomic E-state index is 0.131. The molecule has 114 valence electrons. The minimum Gasteiger partial charge on any atom is -0.465 e. The number of esters is 1. The van der Waals surface area contributed by atoms with Gasteiger partial charge >= 0.3 is 5.97 Å². The number of amides is 1. The molecule has 1 aromatic carbocycles. The smallest absolute Gasteiger partial charge is 0.339 e. The lowest BCUT2D eigenvalue weighted by Gasteiger charge is -2.29. The molecular formula is C15H19FN2O3. The van der Waals surface area contributed by atoms with Crippen LogP contribution in [0.2, 0.25) is 0 Å². The number of carbonyl (C=O) groups is 2. The first-order chi connectivity index (χ1) is 10.0. The molecule has 0 aromatic heterocycles. The first-order valence-electron chi connectivity index (χ1n) is 6.95. The lowest BCUT2D eigenvalue weighted by Crippen LogP contribution is -2.48. The maximum atomic E-state index is 13.4. The van der Waals surface area contributed by atoms with E-state index in [9.17, 15) is 14.0 Å². The number of nitrogens with one attached hydrogen (secondary N) is 2. The molecule has 1 aliphatic heterocycles. The van der Waals surface area contributed by atoms with Crippen LogP contribution >= 0.6 is 0 Å². The van der Waals surface area contributed by atoms with Crippen LogP contribution < -0.4 is 10.6 Å². The lowest BCUT2D eigenvalue weighted by atomic mass is 9.92. The molecule has 2 unspecified atom stereocenters. The second kappa shape index (κ2) is 6.67. The number of halogens is 1. The number of benzene rings is 1. The fourth-order valence-electron chi connectivity index (χ4n) is 2.52. The van der Waals surface area contributed by atoms with Crippen molar-refractivity contribution < 1.29 is 18.7 Å². The summed E-state index contributed by atoms with van der Waals surface area (Å²) in [5.41, 5.74) is 0.266. The fourth-order valence-corrected chi connectivity index (χ4v) is 2.52. The van der Waals surface area contributed by atoms with Gasteiger partial charge in [0, 0.05) is 0 Å². The molecule has 1 amide bonds. The Morgan fingerprint density at radius 3 is 2.86 bits per heavy atom. The van der Waals surface area contributed by atoms with Gasteiger partial charge in [-0.15, -0.1) is 0 Å². The third kappa shape index (κ3) is 3.58. The molecule has 1 fully saturated rings. The van der Waals surface area contributed by atoms with E-state index in [1.54, 1.807) is 0 Å². The van der Waals surface area contributed by atoms with E-state index in [2.05, 4.69) is 15.4 Å². The molecule has 0 saturated carbocycles. The SMILES string of the molecule is COC(=O)c1ccc(F)cc1NC(=O)C1NCCCC1C. The van der Waals surface area contributed by atoms with Gasteiger partial charge < -0.3 is 15.4 Å². The van der Waals surface area contributed by atoms with E-state index in [1.165, 1.54) is 13.2 Å². The van der Waals surface area contributed by atoms with Crippen molar-refractivity contribution in [2.75, 3.05) is 19.0 Å². The average molecular weight is 294 g/mol. The summed E-state index contributed by atoms with van der Waals surface area (Å²) in [5, 5.41) is 5.77. The summed E-state index contributed by atoms with van der Waals surface area (Å²) in [6.07, 6.45) is 1.98. The summed E-state index contributed by atoms with van der Waals surface area (Å²) < 4.78 is 18.0. The van der Waals surface area contributed by atoms with Gasteiger partial charge in [0.2, 0.25) is 5.91 Å². The van der Waals surface area contributed by atoms with E-state index in [-0.39, 0.29) is 29.1 Å². The fraction of sp³-hybridized carbons (Fsp3) is 0.467. The van der Waals surface area contributed by atoms with Crippen molar-refractivity contribution >= 4 is 17.6 Å². The molecule has 0 aliphatic carbocycles. The third-order valence-electron chi connectivity index (χ3n) is 3.70. The topological polar surface area (TPSA) is 67.4 Å². The van der Waals surface area contributed by atoms with Crippen LogP contribution in [0, 0.1) is 11.7 Å². The Bertz CT molecular complexity index is 548. The Hall–Kier alpha value is -1.95. The van der Waals surface area contributed by atoms with Crippen molar-refractivity contribution in [2.45, 2.75) is 25.8 Å². The van der Waals surface area contributed by atoms with Crippen LogP contribution in [0.3, 0.4) is 0 Å². The van der Waals surface area contributed by atoms with Crippen LogP contribution in [0.5, 0.6) is 0 Å². The molecule has 2 atom stereocenters. The second-order valence-corrected chi connectivity index (χ2v) is 5.22. The Labute approximate surface area is 122 Å². The van der Waals surface area contributed by atoms with Crippen LogP contribution in [0.25, 0.3) is 0 Å². The van der Waals surface area contributed by atoms with Gasteiger partial charge in [-0.25, -0.2) is 9.18 Å². The summed E-state index contributed by atoms with van der Waals surface area (Å²) >= 11 is 0. The zero-order valence-electron chi connectivity index (χ0n) is 12.1. The van der Waals surface area contributed by atoms with E-state index in [1.807, 2.05) is 6.92 Å². The van der Waals surface area contributed by atoms with Crippen molar-refractivity contribution in [2.24, 2.45) is 5.92 Å². The van der Waals surface area contributed by atoms with Gasteiger partial charge in [0.15, 0.2) is 0 Å². The van der Waals surface area contributed by atoms with Gasteiger partial charge in [0.05, 0.1) is 24.4 Å². The number of anilines is 1. The molecular weight excluding hydrogens is 275 g/mol. The highest BCUT2D eigenvalue weighted by Gasteiger charge is 2.28. The van der Waals surface area contributed by atoms with Crippen LogP contribution in [0.1, 0.15) is 30.1 Å². The number of hydrogen-bond donors (Lipinski definition) is 2. The van der Waals surface area contributed by atoms with Gasteiger partial charge in [-0.05, 0) is 43.5 Å². The number of hydrogen-bond acceptors (Lipinski definition) is 4. The third-order valence-corrected chi connectivity index (χ3v) is 3.70. The van der Waals surface area contributed by atoms with Crippen molar-refractivity contribution in [1.82, 2.24) is 5.32 Å². The van der Waals surface area contributed by atoms with Crippen LogP contribution in [0.15, 0.2) is 18.2 Å². The van der Waals surface area contributed by atoms with Gasteiger partial charge in [0.25, 0.3) is 0 Å². The standard InChI is InChI=1S/C15H19FN2O3/c1-9-4-3-7-17-13(9)14(19)18-12-8-10(16)5-6-11(12)15(20)21-2/h5-6,8-9,13,17H,3-4,7H2,1-2H3,(H,18,19). The summed E-state index contributed by atoms with van der Waals surface area (Å²) in [4.78, 5) is 24.0. The van der Waals surface area contributed by atoms with Crippen molar-refractivity contribution in [3.05, 3.63) is 29.6 Å². The van der Waals surface area contributed by atoms with Crippen molar-refractivity contribution in [3.8, 4) is 0 Å². The molecule has 0 bridgehead atoms. The number of rotatable bonds is 3. The number of methoxy groups -OCH3 is 1. The zero-order chi connectivity index (χ0) is 15.4. The normalized spacial score (nSPS) is 21.7. The van der Waals surface area contributed by atoms with Crippen LogP contribution in [-0.4, -0.2) is 31.6 Å². The Balaban J connectivity index is 2.19. The highest BCUT2D eigenvalue weighted by Crippen LogP contribution is 2.21. The van der Waals surface area contributed by atoms with E-state index in [0.29, 0.717) is 0 Å². The highest BCUT2D eigenvalue weighted by atomic mass is 19.1. The van der Waals surface area contributed by atoms with E-state index in [0.717, 1.165) is 31.5 Å². The Morgan fingerprint density at radius 2 is 2.19 bits per heavy atom. The number of ether oxygens (including phenoxy) is 1. The van der Waals surface area contributed by atoms with E-state index < -0.39 is 11.8 Å². The number of carbonyl (C=O) groups excluding carboxylic acids is 2. The molecule has 5 nitrogen and oxygen atoms in total. The van der Waals surface area contributed by atoms with Crippen molar-refractivity contribution in [3.63, 3.8) is 0 Å². The van der Waals surface area contributed by atoms with Crippen LogP contribution in [0.4, 0.5) is 10.1 Å². The predicted octanol–water partition coefficient (Wildman–Crippen LogP) is 1.94. The molecule has 2 rings (SSSR count). The molecule has 0 radical (unpaired) electrons. The van der Waals surface area contributed by atoms with Gasteiger partial charge in [-0.2, -0.15) is 0 Å². The van der Waals surface area contributed by atoms with Gasteiger partial charge in [-0.3, -0.25) is 4.79 Å². The summed E-state index contributed by atoms with van der Waals surface area (Å²) in [6.45, 7) is 2.76. The maximum Gasteiger partial charge on any atom is 0.339 e. The highest BCUT2D eigenvalue weighted by molar-refractivity contribution is 6.02. The summed E-state index contributed by atoms with van der Waals surface area (Å²) in [7, 11) is 1.24. The molecule has 0 spiro atoms. The molecule has 2 N–H and O–H groups in total. The monoisotopic (exact) mass is 294 g/mol. The first kappa shape index (κ1) is 15.4. The molecule has 1 heterocycles. The number of piperidine rings is 1. The van der Waals surface area contributed by atoms with Gasteiger partial charge in [0.1, 0.15) is 5.82 Å². The minimum atomic E-state index is -0.616. The van der Waals surface area contributed by atoms with Crippen LogP contribution in [-0.2, 0) is 9.53 Å². The maximum absolute atomic E-state index is 13.4. The lowest BCUT2D eigenvalue weighted by molar-refractivity contribution is -0.119. The van der Waals surface area contributed by atoms with Crippen molar-refractivity contribution in [1.29, 1.82) is 0 Å². The quantitative estimate of drug-likeness (QED) is 0.836. The molecule has 6 heteroatoms. The average Bonchev–Trinajstić information content (AvgIpc) is 2.47. The Kier molecular flexibility index (Phi) is 4.90. The zero-order valence-corrected chi connectivity index (χ0v) is 12.1. The molecule has 1 aromatic rings. The summed E-state index contributed by atoms with van der Waals surface area (Å²) in [6, 6.07) is 3.24. The Morgan fingerprint density at radius 1 is 1.43 bits per heavy atom. The molecule has 1 aliphatic rings. The first-order valence-corrected chi connectivity index (χ1v) is 6.95. The molecule has 1 saturated heterocycles. The molecule has 21 heavy (non-hydrogen) atoms. The largest absolute Gasteiger partial charge is 0.465 e. The van der Waals surface area contributed by atoms with Gasteiger partial charge in [-0.1, -0.05) is 6.92 Å². The second-order valence-electron chi connectivity index (χ2n) is 5.22.